The summed E-state index contributed by atoms with van der Waals surface area (Å²) in [5, 5.41) is 20.7. The van der Waals surface area contributed by atoms with Gasteiger partial charge in [-0.15, -0.1) is 5.10 Å². The van der Waals surface area contributed by atoms with Crippen LogP contribution in [0.25, 0.3) is 5.69 Å². The fraction of sp³-hybridized carbons (Fsp3) is 0.133. The lowest BCUT2D eigenvalue weighted by Crippen LogP contribution is -2.11. The Morgan fingerprint density at radius 3 is 2.61 bits per heavy atom. The Balaban J connectivity index is 1.65. The maximum atomic E-state index is 13.6. The van der Waals surface area contributed by atoms with Crippen molar-refractivity contribution >= 4 is 0 Å². The van der Waals surface area contributed by atoms with E-state index in [1.165, 1.54) is 11.0 Å². The summed E-state index contributed by atoms with van der Waals surface area (Å²) < 4.78 is 33.5. The van der Waals surface area contributed by atoms with Gasteiger partial charge < -0.3 is 9.84 Å². The Morgan fingerprint density at radius 1 is 1.13 bits per heavy atom. The van der Waals surface area contributed by atoms with Crippen molar-refractivity contribution < 1.29 is 18.6 Å². The standard InChI is InChI=1S/C15H12F2N4O2/c16-10-1-6-14(17)13(7-10)15(22)8-23-12-4-2-11(3-5-12)21-9-18-19-20-21/h1-7,9,15,22H,8H2. The number of aromatic nitrogens is 4. The maximum absolute atomic E-state index is 13.6. The molecule has 8 heteroatoms. The van der Waals surface area contributed by atoms with Crippen LogP contribution in [0.4, 0.5) is 8.78 Å². The van der Waals surface area contributed by atoms with Crippen molar-refractivity contribution in [2.24, 2.45) is 0 Å². The molecule has 23 heavy (non-hydrogen) atoms. The fourth-order valence-corrected chi connectivity index (χ4v) is 2.01. The van der Waals surface area contributed by atoms with Crippen LogP contribution in [0.2, 0.25) is 0 Å². The van der Waals surface area contributed by atoms with E-state index in [2.05, 4.69) is 15.5 Å². The SMILES string of the molecule is OC(COc1ccc(-n2cnnn2)cc1)c1cc(F)ccc1F. The van der Waals surface area contributed by atoms with E-state index in [1.807, 2.05) is 0 Å². The number of rotatable bonds is 5. The molecule has 0 saturated carbocycles. The topological polar surface area (TPSA) is 73.1 Å². The minimum Gasteiger partial charge on any atom is -0.491 e. The van der Waals surface area contributed by atoms with Gasteiger partial charge in [0, 0.05) is 5.56 Å². The number of tetrazole rings is 1. The van der Waals surface area contributed by atoms with E-state index in [9.17, 15) is 13.9 Å². The van der Waals surface area contributed by atoms with Crippen LogP contribution in [-0.2, 0) is 0 Å². The average Bonchev–Trinajstić information content (AvgIpc) is 3.10. The van der Waals surface area contributed by atoms with Crippen molar-refractivity contribution in [1.82, 2.24) is 20.2 Å². The lowest BCUT2D eigenvalue weighted by atomic mass is 10.1. The molecule has 118 valence electrons. The smallest absolute Gasteiger partial charge is 0.143 e. The highest BCUT2D eigenvalue weighted by molar-refractivity contribution is 5.36. The molecule has 3 aromatic rings. The second-order valence-electron chi connectivity index (χ2n) is 4.74. The van der Waals surface area contributed by atoms with Crippen LogP contribution >= 0.6 is 0 Å². The first-order valence-corrected chi connectivity index (χ1v) is 6.73. The van der Waals surface area contributed by atoms with Crippen molar-refractivity contribution in [3.63, 3.8) is 0 Å². The van der Waals surface area contributed by atoms with Crippen molar-refractivity contribution in [3.05, 3.63) is 66.0 Å². The number of halogens is 2. The lowest BCUT2D eigenvalue weighted by molar-refractivity contribution is 0.104. The number of benzene rings is 2. The van der Waals surface area contributed by atoms with Crippen molar-refractivity contribution in [2.45, 2.75) is 6.10 Å². The van der Waals surface area contributed by atoms with Gasteiger partial charge in [-0.1, -0.05) is 0 Å². The van der Waals surface area contributed by atoms with Gasteiger partial charge in [0.1, 0.15) is 36.4 Å². The molecule has 0 aliphatic carbocycles. The van der Waals surface area contributed by atoms with Gasteiger partial charge in [0.25, 0.3) is 0 Å². The molecule has 0 spiro atoms. The van der Waals surface area contributed by atoms with Crippen molar-refractivity contribution in [1.29, 1.82) is 0 Å². The number of hydrogen-bond acceptors (Lipinski definition) is 5. The number of nitrogens with zero attached hydrogens (tertiary/aromatic N) is 4. The summed E-state index contributed by atoms with van der Waals surface area (Å²) in [6.45, 7) is -0.204. The Morgan fingerprint density at radius 2 is 1.91 bits per heavy atom. The average molecular weight is 318 g/mol. The first-order chi connectivity index (χ1) is 11.1. The first-order valence-electron chi connectivity index (χ1n) is 6.73. The molecule has 0 amide bonds. The molecule has 0 radical (unpaired) electrons. The Labute approximate surface area is 129 Å². The summed E-state index contributed by atoms with van der Waals surface area (Å²) in [6, 6.07) is 9.67. The number of aliphatic hydroxyl groups excluding tert-OH is 1. The van der Waals surface area contributed by atoms with Gasteiger partial charge in [0.2, 0.25) is 0 Å². The van der Waals surface area contributed by atoms with E-state index in [4.69, 9.17) is 4.74 Å². The van der Waals surface area contributed by atoms with Gasteiger partial charge in [-0.3, -0.25) is 0 Å². The molecule has 1 N–H and O–H groups in total. The highest BCUT2D eigenvalue weighted by atomic mass is 19.1. The van der Waals surface area contributed by atoms with Gasteiger partial charge >= 0.3 is 0 Å². The number of hydrogen-bond donors (Lipinski definition) is 1. The largest absolute Gasteiger partial charge is 0.491 e. The van der Waals surface area contributed by atoms with Crippen LogP contribution in [0.3, 0.4) is 0 Å². The van der Waals surface area contributed by atoms with E-state index in [1.54, 1.807) is 24.3 Å². The van der Waals surface area contributed by atoms with Crippen molar-refractivity contribution in [2.75, 3.05) is 6.61 Å². The molecule has 0 saturated heterocycles. The van der Waals surface area contributed by atoms with Gasteiger partial charge in [-0.2, -0.15) is 0 Å². The molecule has 1 heterocycles. The molecule has 0 aliphatic heterocycles. The minimum absolute atomic E-state index is 0.143. The van der Waals surface area contributed by atoms with Gasteiger partial charge in [-0.05, 0) is 52.9 Å². The fourth-order valence-electron chi connectivity index (χ4n) is 2.01. The molecule has 0 aliphatic rings. The zero-order valence-corrected chi connectivity index (χ0v) is 11.8. The quantitative estimate of drug-likeness (QED) is 0.779. The predicted molar refractivity (Wildman–Crippen MR) is 76.0 cm³/mol. The lowest BCUT2D eigenvalue weighted by Gasteiger charge is -2.13. The second-order valence-corrected chi connectivity index (χ2v) is 4.74. The van der Waals surface area contributed by atoms with E-state index in [0.29, 0.717) is 5.75 Å². The Hall–Kier alpha value is -2.87. The molecule has 6 nitrogen and oxygen atoms in total. The third-order valence-corrected chi connectivity index (χ3v) is 3.18. The normalized spacial score (nSPS) is 12.1. The summed E-state index contributed by atoms with van der Waals surface area (Å²) >= 11 is 0. The summed E-state index contributed by atoms with van der Waals surface area (Å²) in [5.41, 5.74) is 0.592. The molecule has 0 fully saturated rings. The number of ether oxygens (including phenoxy) is 1. The van der Waals surface area contributed by atoms with Crippen LogP contribution in [0.1, 0.15) is 11.7 Å². The van der Waals surface area contributed by atoms with Gasteiger partial charge in [0.05, 0.1) is 5.69 Å². The van der Waals surface area contributed by atoms with Crippen LogP contribution in [-0.4, -0.2) is 31.9 Å². The third-order valence-electron chi connectivity index (χ3n) is 3.18. The Kier molecular flexibility index (Phi) is 4.24. The molecular formula is C15H12F2N4O2. The summed E-state index contributed by atoms with van der Waals surface area (Å²) in [5.74, 6) is -0.833. The highest BCUT2D eigenvalue weighted by Crippen LogP contribution is 2.21. The van der Waals surface area contributed by atoms with E-state index < -0.39 is 17.7 Å². The van der Waals surface area contributed by atoms with Crippen LogP contribution < -0.4 is 4.74 Å². The third kappa shape index (κ3) is 3.49. The summed E-state index contributed by atoms with van der Waals surface area (Å²) in [7, 11) is 0. The highest BCUT2D eigenvalue weighted by Gasteiger charge is 2.14. The van der Waals surface area contributed by atoms with E-state index >= 15 is 0 Å². The molecule has 0 bridgehead atoms. The zero-order valence-electron chi connectivity index (χ0n) is 11.8. The molecule has 3 rings (SSSR count). The van der Waals surface area contributed by atoms with Gasteiger partial charge in [0.15, 0.2) is 0 Å². The molecule has 1 unspecified atom stereocenters. The maximum Gasteiger partial charge on any atom is 0.143 e. The van der Waals surface area contributed by atoms with Crippen LogP contribution in [0.5, 0.6) is 5.75 Å². The van der Waals surface area contributed by atoms with E-state index in [-0.39, 0.29) is 12.2 Å². The van der Waals surface area contributed by atoms with Gasteiger partial charge in [-0.25, -0.2) is 13.5 Å². The summed E-state index contributed by atoms with van der Waals surface area (Å²) in [6.07, 6.45) is 0.177. The van der Waals surface area contributed by atoms with Crippen LogP contribution in [0, 0.1) is 11.6 Å². The zero-order chi connectivity index (χ0) is 16.2. The second kappa shape index (κ2) is 6.49. The van der Waals surface area contributed by atoms with Crippen molar-refractivity contribution in [3.8, 4) is 11.4 Å². The molecular weight excluding hydrogens is 306 g/mol. The Bertz CT molecular complexity index is 779. The predicted octanol–water partition coefficient (Wildman–Crippen LogP) is 2.05. The molecule has 1 atom stereocenters. The van der Waals surface area contributed by atoms with Crippen LogP contribution in [0.15, 0.2) is 48.8 Å². The first kappa shape index (κ1) is 15.0. The summed E-state index contributed by atoms with van der Waals surface area (Å²) in [4.78, 5) is 0. The monoisotopic (exact) mass is 318 g/mol. The van der Waals surface area contributed by atoms with E-state index in [0.717, 1.165) is 23.9 Å². The number of aliphatic hydroxyl groups is 1. The molecule has 2 aromatic carbocycles. The minimum atomic E-state index is -1.27. The molecule has 1 aromatic heterocycles.